The van der Waals surface area contributed by atoms with Crippen molar-refractivity contribution in [2.75, 3.05) is 0 Å². The minimum Gasteiger partial charge on any atom is -0.271 e. The van der Waals surface area contributed by atoms with Crippen molar-refractivity contribution in [1.82, 2.24) is 10.4 Å². The highest BCUT2D eigenvalue weighted by atomic mass is 35.5. The molecule has 4 heteroatoms. The van der Waals surface area contributed by atoms with Gasteiger partial charge in [-0.3, -0.25) is 16.3 Å². The summed E-state index contributed by atoms with van der Waals surface area (Å²) in [5.41, 5.74) is 6.28. The van der Waals surface area contributed by atoms with Crippen LogP contribution in [-0.2, 0) is 12.8 Å². The topological polar surface area (TPSA) is 50.9 Å². The number of nitrogens with zero attached hydrogens (tertiary/aromatic N) is 1. The van der Waals surface area contributed by atoms with Gasteiger partial charge in [0.05, 0.1) is 16.8 Å². The second-order valence-electron chi connectivity index (χ2n) is 4.49. The molecule has 1 heterocycles. The highest BCUT2D eigenvalue weighted by Crippen LogP contribution is 2.18. The van der Waals surface area contributed by atoms with E-state index in [1.807, 2.05) is 12.1 Å². The molecule has 2 rings (SSSR count). The summed E-state index contributed by atoms with van der Waals surface area (Å²) in [5, 5.41) is 0.631. The molecule has 0 saturated heterocycles. The number of aryl methyl sites for hydroxylation is 1. The molecule has 3 N–H and O–H groups in total. The van der Waals surface area contributed by atoms with E-state index < -0.39 is 0 Å². The van der Waals surface area contributed by atoms with Crippen LogP contribution in [0.1, 0.15) is 29.8 Å². The minimum atomic E-state index is -0.00950. The maximum absolute atomic E-state index is 5.84. The quantitative estimate of drug-likeness (QED) is 0.651. The van der Waals surface area contributed by atoms with Crippen LogP contribution >= 0.6 is 11.6 Å². The number of rotatable bonds is 5. The van der Waals surface area contributed by atoms with E-state index in [1.165, 1.54) is 11.1 Å². The average molecular weight is 276 g/mol. The fraction of sp³-hybridized carbons (Fsp3) is 0.267. The summed E-state index contributed by atoms with van der Waals surface area (Å²) in [6, 6.07) is 12.3. The first-order valence-electron chi connectivity index (χ1n) is 6.38. The maximum Gasteiger partial charge on any atom is 0.0672 e. The van der Waals surface area contributed by atoms with Gasteiger partial charge in [-0.25, -0.2) is 0 Å². The van der Waals surface area contributed by atoms with Crippen molar-refractivity contribution in [3.05, 3.63) is 64.4 Å². The monoisotopic (exact) mass is 275 g/mol. The smallest absolute Gasteiger partial charge is 0.0672 e. The van der Waals surface area contributed by atoms with Gasteiger partial charge in [0.25, 0.3) is 0 Å². The minimum absolute atomic E-state index is 0.00950. The lowest BCUT2D eigenvalue weighted by molar-refractivity contribution is 0.538. The van der Waals surface area contributed by atoms with E-state index in [1.54, 1.807) is 6.20 Å². The molecular weight excluding hydrogens is 258 g/mol. The van der Waals surface area contributed by atoms with Crippen molar-refractivity contribution in [2.45, 2.75) is 25.8 Å². The third-order valence-electron chi connectivity index (χ3n) is 3.18. The average Bonchev–Trinajstić information content (AvgIpc) is 2.46. The third-order valence-corrected chi connectivity index (χ3v) is 3.40. The molecule has 100 valence electrons. The second-order valence-corrected chi connectivity index (χ2v) is 4.93. The summed E-state index contributed by atoms with van der Waals surface area (Å²) in [4.78, 5) is 4.30. The molecule has 19 heavy (non-hydrogen) atoms. The first-order chi connectivity index (χ1) is 9.22. The lowest BCUT2D eigenvalue weighted by atomic mass is 10.0. The summed E-state index contributed by atoms with van der Waals surface area (Å²) in [5.74, 6) is 5.62. The first kappa shape index (κ1) is 14.0. The number of nitrogens with two attached hydrogens (primary N) is 1. The van der Waals surface area contributed by atoms with Gasteiger partial charge in [-0.05, 0) is 36.1 Å². The SMILES string of the molecule is CCc1ccc(CC(NN)c2ccc(Cl)cn2)cc1. The van der Waals surface area contributed by atoms with Gasteiger partial charge in [0.2, 0.25) is 0 Å². The van der Waals surface area contributed by atoms with E-state index in [2.05, 4.69) is 41.6 Å². The zero-order valence-corrected chi connectivity index (χ0v) is 11.7. The van der Waals surface area contributed by atoms with Crippen LogP contribution in [-0.4, -0.2) is 4.98 Å². The van der Waals surface area contributed by atoms with Gasteiger partial charge in [-0.15, -0.1) is 0 Å². The number of pyridine rings is 1. The molecule has 2 aromatic rings. The summed E-state index contributed by atoms with van der Waals surface area (Å²) in [6.07, 6.45) is 3.49. The fourth-order valence-electron chi connectivity index (χ4n) is 1.99. The van der Waals surface area contributed by atoms with Crippen LogP contribution in [0.4, 0.5) is 0 Å². The highest BCUT2D eigenvalue weighted by molar-refractivity contribution is 6.30. The molecule has 0 spiro atoms. The molecule has 0 aliphatic rings. The lowest BCUT2D eigenvalue weighted by Gasteiger charge is -2.15. The Morgan fingerprint density at radius 2 is 1.84 bits per heavy atom. The Kier molecular flexibility index (Phi) is 4.91. The molecular formula is C15H18ClN3. The molecule has 0 saturated carbocycles. The van der Waals surface area contributed by atoms with Crippen LogP contribution < -0.4 is 11.3 Å². The highest BCUT2D eigenvalue weighted by Gasteiger charge is 2.11. The van der Waals surface area contributed by atoms with Crippen LogP contribution in [0, 0.1) is 0 Å². The van der Waals surface area contributed by atoms with Crippen LogP contribution in [0.3, 0.4) is 0 Å². The molecule has 1 aromatic carbocycles. The van der Waals surface area contributed by atoms with Gasteiger partial charge >= 0.3 is 0 Å². The van der Waals surface area contributed by atoms with E-state index in [0.717, 1.165) is 18.5 Å². The van der Waals surface area contributed by atoms with E-state index in [-0.39, 0.29) is 6.04 Å². The third kappa shape index (κ3) is 3.77. The van der Waals surface area contributed by atoms with Crippen molar-refractivity contribution in [2.24, 2.45) is 5.84 Å². The Morgan fingerprint density at radius 3 is 2.37 bits per heavy atom. The fourth-order valence-corrected chi connectivity index (χ4v) is 2.10. The van der Waals surface area contributed by atoms with E-state index >= 15 is 0 Å². The van der Waals surface area contributed by atoms with Crippen molar-refractivity contribution < 1.29 is 0 Å². The number of hydrogen-bond acceptors (Lipinski definition) is 3. The predicted octanol–water partition coefficient (Wildman–Crippen LogP) is 3.04. The Labute approximate surface area is 118 Å². The van der Waals surface area contributed by atoms with Crippen molar-refractivity contribution in [1.29, 1.82) is 0 Å². The molecule has 0 aliphatic heterocycles. The Hall–Kier alpha value is -1.42. The normalized spacial score (nSPS) is 12.4. The summed E-state index contributed by atoms with van der Waals surface area (Å²) in [7, 11) is 0. The summed E-state index contributed by atoms with van der Waals surface area (Å²) >= 11 is 5.84. The summed E-state index contributed by atoms with van der Waals surface area (Å²) < 4.78 is 0. The van der Waals surface area contributed by atoms with E-state index in [4.69, 9.17) is 17.4 Å². The summed E-state index contributed by atoms with van der Waals surface area (Å²) in [6.45, 7) is 2.15. The number of aromatic nitrogens is 1. The number of hydrazine groups is 1. The van der Waals surface area contributed by atoms with Gasteiger partial charge < -0.3 is 0 Å². The molecule has 3 nitrogen and oxygen atoms in total. The van der Waals surface area contributed by atoms with E-state index in [9.17, 15) is 0 Å². The van der Waals surface area contributed by atoms with Crippen LogP contribution in [0.15, 0.2) is 42.6 Å². The van der Waals surface area contributed by atoms with Crippen LogP contribution in [0.25, 0.3) is 0 Å². The zero-order chi connectivity index (χ0) is 13.7. The van der Waals surface area contributed by atoms with Gasteiger partial charge in [0.1, 0.15) is 0 Å². The Morgan fingerprint density at radius 1 is 1.16 bits per heavy atom. The van der Waals surface area contributed by atoms with Gasteiger partial charge in [0, 0.05) is 6.20 Å². The first-order valence-corrected chi connectivity index (χ1v) is 6.76. The second kappa shape index (κ2) is 6.66. The van der Waals surface area contributed by atoms with Gasteiger partial charge in [-0.1, -0.05) is 42.8 Å². The Balaban J connectivity index is 2.11. The van der Waals surface area contributed by atoms with Crippen molar-refractivity contribution in [3.8, 4) is 0 Å². The van der Waals surface area contributed by atoms with E-state index in [0.29, 0.717) is 5.02 Å². The number of nitrogens with one attached hydrogen (secondary N) is 1. The zero-order valence-electron chi connectivity index (χ0n) is 10.9. The lowest BCUT2D eigenvalue weighted by Crippen LogP contribution is -2.30. The molecule has 0 bridgehead atoms. The van der Waals surface area contributed by atoms with Crippen LogP contribution in [0.5, 0.6) is 0 Å². The van der Waals surface area contributed by atoms with Gasteiger partial charge in [0.15, 0.2) is 0 Å². The molecule has 1 aromatic heterocycles. The van der Waals surface area contributed by atoms with Crippen molar-refractivity contribution >= 4 is 11.6 Å². The van der Waals surface area contributed by atoms with Crippen LogP contribution in [0.2, 0.25) is 5.02 Å². The predicted molar refractivity (Wildman–Crippen MR) is 78.8 cm³/mol. The van der Waals surface area contributed by atoms with Gasteiger partial charge in [-0.2, -0.15) is 0 Å². The molecule has 1 atom stereocenters. The molecule has 0 radical (unpaired) electrons. The Bertz CT molecular complexity index is 508. The molecule has 0 aliphatic carbocycles. The van der Waals surface area contributed by atoms with Crippen molar-refractivity contribution in [3.63, 3.8) is 0 Å². The standard InChI is InChI=1S/C15H18ClN3/c1-2-11-3-5-12(6-4-11)9-15(19-17)14-8-7-13(16)10-18-14/h3-8,10,15,19H,2,9,17H2,1H3. The number of hydrogen-bond donors (Lipinski definition) is 2. The largest absolute Gasteiger partial charge is 0.271 e. The number of benzene rings is 1. The maximum atomic E-state index is 5.84. The number of halogens is 1. The molecule has 0 fully saturated rings. The molecule has 0 amide bonds. The molecule has 1 unspecified atom stereocenters.